The minimum Gasteiger partial charge on any atom is -0.465 e. The van der Waals surface area contributed by atoms with E-state index < -0.39 is 28.8 Å². The molecule has 1 fully saturated rings. The van der Waals surface area contributed by atoms with Gasteiger partial charge in [0.25, 0.3) is 0 Å². The van der Waals surface area contributed by atoms with E-state index in [1.54, 1.807) is 30.3 Å². The van der Waals surface area contributed by atoms with Gasteiger partial charge in [0.1, 0.15) is 11.2 Å². The first-order valence-electron chi connectivity index (χ1n) is 6.33. The maximum Gasteiger partial charge on any atom is 0.320 e. The topological polar surface area (TPSA) is 86.5 Å². The number of ketones is 1. The van der Waals surface area contributed by atoms with Crippen LogP contribution in [0.1, 0.15) is 24.8 Å². The molecule has 0 aromatic heterocycles. The van der Waals surface area contributed by atoms with E-state index in [2.05, 4.69) is 0 Å². The van der Waals surface area contributed by atoms with Crippen molar-refractivity contribution in [3.8, 4) is 0 Å². The third-order valence-corrected chi connectivity index (χ3v) is 3.85. The number of nitrogens with zero attached hydrogens (tertiary/aromatic N) is 1. The molecule has 0 amide bonds. The van der Waals surface area contributed by atoms with Gasteiger partial charge in [-0.1, -0.05) is 30.3 Å². The maximum absolute atomic E-state index is 12.1. The first-order valence-corrected chi connectivity index (χ1v) is 6.33. The van der Waals surface area contributed by atoms with Crippen LogP contribution >= 0.6 is 0 Å². The van der Waals surface area contributed by atoms with Crippen molar-refractivity contribution in [1.82, 2.24) is 0 Å². The van der Waals surface area contributed by atoms with Gasteiger partial charge in [-0.2, -0.15) is 0 Å². The minimum atomic E-state index is -1.44. The molecule has 6 heteroatoms. The molecular weight excluding hydrogens is 262 g/mol. The zero-order valence-corrected chi connectivity index (χ0v) is 11.1. The van der Waals surface area contributed by atoms with Crippen molar-refractivity contribution in [1.29, 1.82) is 0 Å². The summed E-state index contributed by atoms with van der Waals surface area (Å²) >= 11 is 0. The Morgan fingerprint density at radius 2 is 2.10 bits per heavy atom. The van der Waals surface area contributed by atoms with Gasteiger partial charge in [-0.05, 0) is 12.5 Å². The number of ether oxygens (including phenoxy) is 1. The summed E-state index contributed by atoms with van der Waals surface area (Å²) < 4.78 is 4.93. The summed E-state index contributed by atoms with van der Waals surface area (Å²) in [5.41, 5.74) is -0.827. The van der Waals surface area contributed by atoms with E-state index in [9.17, 15) is 19.7 Å². The zero-order chi connectivity index (χ0) is 14.8. The Morgan fingerprint density at radius 1 is 1.45 bits per heavy atom. The highest BCUT2D eigenvalue weighted by Crippen LogP contribution is 2.44. The Morgan fingerprint density at radius 3 is 2.55 bits per heavy atom. The van der Waals surface area contributed by atoms with Crippen molar-refractivity contribution < 1.29 is 19.2 Å². The fraction of sp³-hybridized carbons (Fsp3) is 0.429. The first kappa shape index (κ1) is 14.2. The van der Waals surface area contributed by atoms with Crippen LogP contribution in [0, 0.1) is 15.5 Å². The van der Waals surface area contributed by atoms with E-state index in [1.807, 2.05) is 0 Å². The maximum atomic E-state index is 12.1. The molecule has 106 valence electrons. The minimum absolute atomic E-state index is 0.124. The number of carbonyl (C=O) groups excluding carboxylic acids is 2. The molecule has 1 aromatic carbocycles. The van der Waals surface area contributed by atoms with Gasteiger partial charge >= 0.3 is 5.97 Å². The molecule has 1 heterocycles. The van der Waals surface area contributed by atoms with Crippen molar-refractivity contribution >= 4 is 11.8 Å². The fourth-order valence-corrected chi connectivity index (χ4v) is 2.80. The molecule has 1 saturated heterocycles. The SMILES string of the molecule is CC(=O)C1(C(C[N+](=O)[O-])c2ccccc2)CCOC1=O. The predicted octanol–water partition coefficient (Wildman–Crippen LogP) is 1.57. The van der Waals surface area contributed by atoms with Crippen LogP contribution in [-0.4, -0.2) is 29.8 Å². The van der Waals surface area contributed by atoms with Crippen molar-refractivity contribution in [2.45, 2.75) is 19.3 Å². The number of Topliss-reactive ketones (excluding diaryl/α,β-unsaturated/α-hetero) is 1. The van der Waals surface area contributed by atoms with Crippen LogP contribution < -0.4 is 0 Å². The van der Waals surface area contributed by atoms with Gasteiger partial charge in [-0.3, -0.25) is 19.7 Å². The monoisotopic (exact) mass is 277 g/mol. The quantitative estimate of drug-likeness (QED) is 0.353. The molecule has 2 rings (SSSR count). The Bertz CT molecular complexity index is 542. The molecule has 6 nitrogen and oxygen atoms in total. The smallest absolute Gasteiger partial charge is 0.320 e. The number of rotatable bonds is 5. The Balaban J connectivity index is 2.52. The second kappa shape index (κ2) is 5.40. The number of hydrogen-bond acceptors (Lipinski definition) is 5. The zero-order valence-electron chi connectivity index (χ0n) is 11.1. The lowest BCUT2D eigenvalue weighted by Gasteiger charge is -2.29. The van der Waals surface area contributed by atoms with E-state index in [4.69, 9.17) is 4.74 Å². The van der Waals surface area contributed by atoms with Crippen molar-refractivity contribution in [3.63, 3.8) is 0 Å². The molecule has 0 radical (unpaired) electrons. The molecule has 1 aliphatic rings. The molecule has 0 bridgehead atoms. The van der Waals surface area contributed by atoms with Gasteiger partial charge < -0.3 is 4.74 Å². The summed E-state index contributed by atoms with van der Waals surface area (Å²) in [6.45, 7) is 0.945. The van der Waals surface area contributed by atoms with Gasteiger partial charge in [-0.15, -0.1) is 0 Å². The molecule has 2 atom stereocenters. The number of esters is 1. The molecule has 0 spiro atoms. The third-order valence-electron chi connectivity index (χ3n) is 3.85. The lowest BCUT2D eigenvalue weighted by Crippen LogP contribution is -2.43. The summed E-state index contributed by atoms with van der Waals surface area (Å²) in [6, 6.07) is 8.64. The van der Waals surface area contributed by atoms with Crippen LogP contribution in [0.2, 0.25) is 0 Å². The third kappa shape index (κ3) is 2.29. The van der Waals surface area contributed by atoms with Crippen LogP contribution in [0.5, 0.6) is 0 Å². The van der Waals surface area contributed by atoms with E-state index in [0.29, 0.717) is 5.56 Å². The predicted molar refractivity (Wildman–Crippen MR) is 69.7 cm³/mol. The van der Waals surface area contributed by atoms with Crippen molar-refractivity contribution in [3.05, 3.63) is 46.0 Å². The second-order valence-corrected chi connectivity index (χ2v) is 4.89. The number of cyclic esters (lactones) is 1. The number of benzene rings is 1. The highest BCUT2D eigenvalue weighted by molar-refractivity contribution is 6.04. The van der Waals surface area contributed by atoms with Crippen LogP contribution in [0.3, 0.4) is 0 Å². The molecule has 0 N–H and O–H groups in total. The molecule has 2 unspecified atom stereocenters. The summed E-state index contributed by atoms with van der Waals surface area (Å²) in [6.07, 6.45) is 0.189. The molecule has 1 aliphatic heterocycles. The van der Waals surface area contributed by atoms with E-state index in [-0.39, 0.29) is 18.8 Å². The Labute approximate surface area is 115 Å². The highest BCUT2D eigenvalue weighted by atomic mass is 16.6. The van der Waals surface area contributed by atoms with E-state index >= 15 is 0 Å². The lowest BCUT2D eigenvalue weighted by atomic mass is 9.68. The van der Waals surface area contributed by atoms with Gasteiger partial charge in [0.2, 0.25) is 6.54 Å². The molecule has 20 heavy (non-hydrogen) atoms. The average Bonchev–Trinajstić information content (AvgIpc) is 2.79. The average molecular weight is 277 g/mol. The highest BCUT2D eigenvalue weighted by Gasteiger charge is 2.56. The second-order valence-electron chi connectivity index (χ2n) is 4.89. The van der Waals surface area contributed by atoms with Crippen LogP contribution in [0.15, 0.2) is 30.3 Å². The summed E-state index contributed by atoms with van der Waals surface area (Å²) in [5, 5.41) is 11.0. The fourth-order valence-electron chi connectivity index (χ4n) is 2.80. The number of carbonyl (C=O) groups is 2. The Kier molecular flexibility index (Phi) is 3.83. The largest absolute Gasteiger partial charge is 0.465 e. The summed E-state index contributed by atoms with van der Waals surface area (Å²) in [4.78, 5) is 34.6. The molecule has 0 aliphatic carbocycles. The molecule has 0 saturated carbocycles. The normalized spacial score (nSPS) is 23.1. The number of nitro groups is 1. The van der Waals surface area contributed by atoms with Gasteiger partial charge in [0.05, 0.1) is 12.5 Å². The van der Waals surface area contributed by atoms with Crippen LogP contribution in [0.25, 0.3) is 0 Å². The summed E-state index contributed by atoms with van der Waals surface area (Å²) in [5.74, 6) is -1.83. The summed E-state index contributed by atoms with van der Waals surface area (Å²) in [7, 11) is 0. The van der Waals surface area contributed by atoms with Gasteiger partial charge in [-0.25, -0.2) is 0 Å². The standard InChI is InChI=1S/C14H15NO5/c1-10(16)14(7-8-20-13(14)17)12(9-15(18)19)11-5-3-2-4-6-11/h2-6,12H,7-9H2,1H3. The lowest BCUT2D eigenvalue weighted by molar-refractivity contribution is -0.485. The van der Waals surface area contributed by atoms with E-state index in [1.165, 1.54) is 6.92 Å². The van der Waals surface area contributed by atoms with E-state index in [0.717, 1.165) is 0 Å². The van der Waals surface area contributed by atoms with Gasteiger partial charge in [0, 0.05) is 11.3 Å². The van der Waals surface area contributed by atoms with Crippen molar-refractivity contribution in [2.75, 3.05) is 13.2 Å². The van der Waals surface area contributed by atoms with Crippen LogP contribution in [-0.2, 0) is 14.3 Å². The molecule has 1 aromatic rings. The van der Waals surface area contributed by atoms with Crippen molar-refractivity contribution in [2.24, 2.45) is 5.41 Å². The van der Waals surface area contributed by atoms with Gasteiger partial charge in [0.15, 0.2) is 0 Å². The number of hydrogen-bond donors (Lipinski definition) is 0. The molecular formula is C14H15NO5. The van der Waals surface area contributed by atoms with Crippen LogP contribution in [0.4, 0.5) is 0 Å². The Hall–Kier alpha value is -2.24. The first-order chi connectivity index (χ1) is 9.48.